The van der Waals surface area contributed by atoms with Gasteiger partial charge in [0.05, 0.1) is 12.3 Å². The van der Waals surface area contributed by atoms with Gasteiger partial charge in [0.1, 0.15) is 24.6 Å². The van der Waals surface area contributed by atoms with Gasteiger partial charge in [-0.2, -0.15) is 0 Å². The average Bonchev–Trinajstić information content (AvgIpc) is 2.90. The minimum atomic E-state index is -1.33. The summed E-state index contributed by atoms with van der Waals surface area (Å²) in [5, 5.41) is 9.56. The van der Waals surface area contributed by atoms with Crippen LogP contribution < -0.4 is 4.74 Å². The highest BCUT2D eigenvalue weighted by Gasteiger charge is 2.51. The maximum absolute atomic E-state index is 12.3. The number of carboxylic acids is 1. The summed E-state index contributed by atoms with van der Waals surface area (Å²) >= 11 is 0. The van der Waals surface area contributed by atoms with E-state index in [2.05, 4.69) is 0 Å². The van der Waals surface area contributed by atoms with E-state index < -0.39 is 60.8 Å². The van der Waals surface area contributed by atoms with Crippen molar-refractivity contribution in [1.29, 1.82) is 0 Å². The molecule has 212 valence electrons. The third-order valence-electron chi connectivity index (χ3n) is 5.87. The molecule has 5 unspecified atom stereocenters. The second-order valence-electron chi connectivity index (χ2n) is 9.01. The van der Waals surface area contributed by atoms with E-state index in [1.165, 1.54) is 13.0 Å². The predicted octanol–water partition coefficient (Wildman–Crippen LogP) is 3.20. The number of carboxylic acid groups (broad SMARTS) is 1. The third kappa shape index (κ3) is 8.77. The molecule has 1 aliphatic rings. The summed E-state index contributed by atoms with van der Waals surface area (Å²) < 4.78 is 27.7. The fourth-order valence-corrected chi connectivity index (χ4v) is 4.21. The molecule has 11 heteroatoms. The third-order valence-corrected chi connectivity index (χ3v) is 5.87. The zero-order valence-corrected chi connectivity index (χ0v) is 22.2. The van der Waals surface area contributed by atoms with E-state index in [-0.39, 0.29) is 18.1 Å². The predicted molar refractivity (Wildman–Crippen MR) is 139 cm³/mol. The van der Waals surface area contributed by atoms with Gasteiger partial charge >= 0.3 is 23.9 Å². The molecule has 40 heavy (non-hydrogen) atoms. The van der Waals surface area contributed by atoms with Crippen LogP contribution in [-0.4, -0.2) is 66.0 Å². The fraction of sp³-hybridized carbons (Fsp3) is 0.345. The highest BCUT2D eigenvalue weighted by molar-refractivity contribution is 6.06. The number of ketones is 1. The van der Waals surface area contributed by atoms with Crippen LogP contribution >= 0.6 is 0 Å². The Morgan fingerprint density at radius 1 is 0.850 bits per heavy atom. The minimum absolute atomic E-state index is 0.161. The lowest BCUT2D eigenvalue weighted by molar-refractivity contribution is -0.274. The van der Waals surface area contributed by atoms with Crippen LogP contribution in [0.15, 0.2) is 60.7 Å². The number of allylic oxidation sites excluding steroid dienone is 1. The quantitative estimate of drug-likeness (QED) is 0.189. The van der Waals surface area contributed by atoms with Gasteiger partial charge in [0.2, 0.25) is 6.29 Å². The van der Waals surface area contributed by atoms with Crippen molar-refractivity contribution in [2.75, 3.05) is 6.61 Å². The maximum Gasteiger partial charge on any atom is 0.303 e. The Bertz CT molecular complexity index is 1240. The molecular weight excluding hydrogens is 524 g/mol. The molecule has 0 aromatic heterocycles. The number of hydrogen-bond donors (Lipinski definition) is 1. The number of rotatable bonds is 11. The molecule has 1 heterocycles. The van der Waals surface area contributed by atoms with Crippen molar-refractivity contribution in [2.45, 2.75) is 51.8 Å². The van der Waals surface area contributed by atoms with Crippen LogP contribution in [0.2, 0.25) is 0 Å². The zero-order chi connectivity index (χ0) is 29.2. The van der Waals surface area contributed by atoms with Crippen molar-refractivity contribution in [3.8, 4) is 5.75 Å². The van der Waals surface area contributed by atoms with Crippen molar-refractivity contribution in [1.82, 2.24) is 0 Å². The topological polar surface area (TPSA) is 152 Å². The lowest BCUT2D eigenvalue weighted by Crippen LogP contribution is -2.60. The first-order valence-electron chi connectivity index (χ1n) is 12.4. The van der Waals surface area contributed by atoms with Gasteiger partial charge in [0, 0.05) is 26.3 Å². The van der Waals surface area contributed by atoms with Crippen LogP contribution in [0.1, 0.15) is 43.1 Å². The summed E-state index contributed by atoms with van der Waals surface area (Å²) in [7, 11) is 0. The van der Waals surface area contributed by atoms with E-state index in [9.17, 15) is 29.1 Å². The Balaban J connectivity index is 1.85. The minimum Gasteiger partial charge on any atom is -0.481 e. The van der Waals surface area contributed by atoms with Gasteiger partial charge < -0.3 is 28.8 Å². The zero-order valence-electron chi connectivity index (χ0n) is 22.2. The number of esters is 3. The van der Waals surface area contributed by atoms with E-state index in [1.54, 1.807) is 54.6 Å². The van der Waals surface area contributed by atoms with Gasteiger partial charge in [-0.1, -0.05) is 48.5 Å². The van der Waals surface area contributed by atoms with Gasteiger partial charge in [-0.3, -0.25) is 24.0 Å². The molecule has 2 aromatic carbocycles. The molecule has 1 N–H and O–H groups in total. The molecule has 0 radical (unpaired) electrons. The highest BCUT2D eigenvalue weighted by atomic mass is 16.7. The van der Waals surface area contributed by atoms with Crippen LogP contribution in [0.3, 0.4) is 0 Å². The number of aliphatic carboxylic acids is 1. The molecule has 3 rings (SSSR count). The molecule has 1 aliphatic heterocycles. The summed E-state index contributed by atoms with van der Waals surface area (Å²) in [6.07, 6.45) is -2.42. The molecule has 11 nitrogen and oxygen atoms in total. The SMILES string of the molecule is CC(=O)OCC1OC(Oc2ccc(C=CC(=O)c3ccccc3)cc2)C(OC(C)=O)C(CC(=O)O)C1OC(C)=O. The van der Waals surface area contributed by atoms with Gasteiger partial charge in [-0.25, -0.2) is 0 Å². The summed E-state index contributed by atoms with van der Waals surface area (Å²) in [5.74, 6) is -4.31. The molecule has 2 aromatic rings. The van der Waals surface area contributed by atoms with E-state index in [1.807, 2.05) is 6.07 Å². The van der Waals surface area contributed by atoms with Gasteiger partial charge in [0.15, 0.2) is 11.9 Å². The number of benzene rings is 2. The summed E-state index contributed by atoms with van der Waals surface area (Å²) in [6.45, 7) is 3.08. The summed E-state index contributed by atoms with van der Waals surface area (Å²) in [4.78, 5) is 59.3. The van der Waals surface area contributed by atoms with Crippen molar-refractivity contribution in [2.24, 2.45) is 5.92 Å². The Hall–Kier alpha value is -4.51. The number of hydrogen-bond acceptors (Lipinski definition) is 10. The van der Waals surface area contributed by atoms with Crippen LogP contribution in [-0.2, 0) is 38.1 Å². The standard InChI is InChI=1S/C29H30O11/c1-17(30)36-16-25-27(37-18(2)31)23(15-26(34)35)28(38-19(3)32)29(40-25)39-22-12-9-20(10-13-22)11-14-24(33)21-7-5-4-6-8-21/h4-14,23,25,27-29H,15-16H2,1-3H3,(H,34,35). The largest absolute Gasteiger partial charge is 0.481 e. The number of ether oxygens (including phenoxy) is 5. The molecule has 0 amide bonds. The molecule has 0 spiro atoms. The molecule has 0 bridgehead atoms. The first-order valence-corrected chi connectivity index (χ1v) is 12.4. The summed E-state index contributed by atoms with van der Waals surface area (Å²) in [6, 6.07) is 15.3. The molecule has 5 atom stereocenters. The Kier molecular flexibility index (Phi) is 10.5. The Morgan fingerprint density at radius 2 is 1.48 bits per heavy atom. The van der Waals surface area contributed by atoms with Crippen LogP contribution in [0, 0.1) is 5.92 Å². The van der Waals surface area contributed by atoms with Gasteiger partial charge in [-0.05, 0) is 23.8 Å². The lowest BCUT2D eigenvalue weighted by Gasteiger charge is -2.44. The molecule has 1 saturated heterocycles. The molecule has 0 aliphatic carbocycles. The van der Waals surface area contributed by atoms with Crippen molar-refractivity contribution >= 4 is 35.7 Å². The number of carbonyl (C=O) groups is 5. The first-order chi connectivity index (χ1) is 19.0. The van der Waals surface area contributed by atoms with Crippen LogP contribution in [0.4, 0.5) is 0 Å². The molecular formula is C29H30O11. The second-order valence-corrected chi connectivity index (χ2v) is 9.01. The van der Waals surface area contributed by atoms with E-state index in [0.29, 0.717) is 11.1 Å². The van der Waals surface area contributed by atoms with Gasteiger partial charge in [0.25, 0.3) is 0 Å². The van der Waals surface area contributed by atoms with Crippen molar-refractivity contribution in [3.63, 3.8) is 0 Å². The van der Waals surface area contributed by atoms with Crippen LogP contribution in [0.5, 0.6) is 5.75 Å². The smallest absolute Gasteiger partial charge is 0.303 e. The van der Waals surface area contributed by atoms with Crippen molar-refractivity contribution < 1.29 is 52.8 Å². The Labute approximate surface area is 230 Å². The second kappa shape index (κ2) is 14.0. The maximum atomic E-state index is 12.3. The van der Waals surface area contributed by atoms with Gasteiger partial charge in [-0.15, -0.1) is 0 Å². The normalized spacial score (nSPS) is 22.2. The van der Waals surface area contributed by atoms with E-state index in [0.717, 1.165) is 13.8 Å². The van der Waals surface area contributed by atoms with Crippen molar-refractivity contribution in [3.05, 3.63) is 71.8 Å². The monoisotopic (exact) mass is 554 g/mol. The summed E-state index contributed by atoms with van der Waals surface area (Å²) in [5.41, 5.74) is 1.25. The first kappa shape index (κ1) is 30.0. The lowest BCUT2D eigenvalue weighted by atomic mass is 9.86. The van der Waals surface area contributed by atoms with Crippen LogP contribution in [0.25, 0.3) is 6.08 Å². The van der Waals surface area contributed by atoms with E-state index >= 15 is 0 Å². The average molecular weight is 555 g/mol. The highest BCUT2D eigenvalue weighted by Crippen LogP contribution is 2.35. The Morgan fingerprint density at radius 3 is 2.05 bits per heavy atom. The van der Waals surface area contributed by atoms with E-state index in [4.69, 9.17) is 23.7 Å². The number of carbonyl (C=O) groups excluding carboxylic acids is 4. The molecule has 1 fully saturated rings. The molecule has 0 saturated carbocycles. The fourth-order valence-electron chi connectivity index (χ4n) is 4.21.